The Bertz CT molecular complexity index is 594. The van der Waals surface area contributed by atoms with Crippen molar-refractivity contribution in [3.63, 3.8) is 0 Å². The van der Waals surface area contributed by atoms with Crippen molar-refractivity contribution < 1.29 is 36.2 Å². The number of esters is 1. The van der Waals surface area contributed by atoms with Crippen LogP contribution in [-0.2, 0) is 14.3 Å². The van der Waals surface area contributed by atoms with E-state index in [4.69, 9.17) is 9.47 Å². The maximum atomic E-state index is 13.5. The highest BCUT2D eigenvalue weighted by Gasteiger charge is 2.61. The third-order valence-corrected chi connectivity index (χ3v) is 6.10. The quantitative estimate of drug-likeness (QED) is 0.358. The summed E-state index contributed by atoms with van der Waals surface area (Å²) in [7, 11) is 0. The summed E-state index contributed by atoms with van der Waals surface area (Å²) >= 11 is 0. The van der Waals surface area contributed by atoms with Gasteiger partial charge in [0.15, 0.2) is 0 Å². The third-order valence-electron chi connectivity index (χ3n) is 6.10. The number of hydrogen-bond donors (Lipinski definition) is 0. The van der Waals surface area contributed by atoms with E-state index >= 15 is 0 Å². The zero-order chi connectivity index (χ0) is 20.3. The number of rotatable bonds is 6. The molecular formula is C19H25F5O3. The molecule has 0 aromatic heterocycles. The fourth-order valence-electron chi connectivity index (χ4n) is 5.73. The Kier molecular flexibility index (Phi) is 4.89. The lowest BCUT2D eigenvalue weighted by atomic mass is 9.48. The molecule has 154 valence electrons. The Hall–Kier alpha value is -1.18. The maximum Gasteiger partial charge on any atom is 0.420 e. The smallest absolute Gasteiger partial charge is 0.420 e. The van der Waals surface area contributed by atoms with Gasteiger partial charge in [0.25, 0.3) is 5.92 Å². The van der Waals surface area contributed by atoms with Crippen molar-refractivity contribution in [2.45, 2.75) is 76.2 Å². The van der Waals surface area contributed by atoms with Crippen molar-refractivity contribution in [3.8, 4) is 0 Å². The molecule has 0 aromatic rings. The van der Waals surface area contributed by atoms with Gasteiger partial charge in [-0.2, -0.15) is 13.2 Å². The van der Waals surface area contributed by atoms with Crippen LogP contribution in [0.1, 0.15) is 52.4 Å². The summed E-state index contributed by atoms with van der Waals surface area (Å²) in [5.41, 5.74) is -1.14. The van der Waals surface area contributed by atoms with Crippen LogP contribution in [0.25, 0.3) is 0 Å². The molecule has 0 heterocycles. The molecule has 0 aliphatic heterocycles. The molecule has 0 saturated heterocycles. The molecule has 4 fully saturated rings. The van der Waals surface area contributed by atoms with E-state index in [1.54, 1.807) is 6.92 Å². The fourth-order valence-corrected chi connectivity index (χ4v) is 5.73. The molecule has 3 nitrogen and oxygen atoms in total. The van der Waals surface area contributed by atoms with E-state index in [2.05, 4.69) is 6.58 Å². The van der Waals surface area contributed by atoms with Crippen LogP contribution in [0.3, 0.4) is 0 Å². The van der Waals surface area contributed by atoms with Gasteiger partial charge in [0.05, 0.1) is 6.61 Å². The van der Waals surface area contributed by atoms with Crippen LogP contribution in [0.15, 0.2) is 12.2 Å². The van der Waals surface area contributed by atoms with Gasteiger partial charge in [0.1, 0.15) is 5.60 Å². The molecule has 27 heavy (non-hydrogen) atoms. The Balaban J connectivity index is 1.77. The second kappa shape index (κ2) is 6.42. The van der Waals surface area contributed by atoms with Crippen LogP contribution in [0, 0.1) is 17.3 Å². The van der Waals surface area contributed by atoms with Gasteiger partial charge >= 0.3 is 12.1 Å². The van der Waals surface area contributed by atoms with E-state index in [-0.39, 0.29) is 24.3 Å². The topological polar surface area (TPSA) is 35.5 Å². The molecule has 0 N–H and O–H groups in total. The van der Waals surface area contributed by atoms with E-state index < -0.39 is 41.8 Å². The first-order chi connectivity index (χ1) is 12.2. The highest BCUT2D eigenvalue weighted by molar-refractivity contribution is 5.87. The number of ether oxygens (including phenoxy) is 2. The van der Waals surface area contributed by atoms with Gasteiger partial charge in [-0.3, -0.25) is 0 Å². The Labute approximate surface area is 155 Å². The predicted molar refractivity (Wildman–Crippen MR) is 87.2 cm³/mol. The summed E-state index contributed by atoms with van der Waals surface area (Å²) < 4.78 is 76.5. The van der Waals surface area contributed by atoms with E-state index in [0.717, 1.165) is 6.42 Å². The van der Waals surface area contributed by atoms with E-state index in [9.17, 15) is 26.7 Å². The lowest BCUT2D eigenvalue weighted by Crippen LogP contribution is -2.59. The Morgan fingerprint density at radius 2 is 1.70 bits per heavy atom. The molecule has 0 radical (unpaired) electrons. The van der Waals surface area contributed by atoms with Crippen LogP contribution >= 0.6 is 0 Å². The number of alkyl halides is 5. The Morgan fingerprint density at radius 1 is 1.15 bits per heavy atom. The van der Waals surface area contributed by atoms with Crippen LogP contribution in [0.4, 0.5) is 22.0 Å². The monoisotopic (exact) mass is 396 g/mol. The van der Waals surface area contributed by atoms with E-state index in [1.165, 1.54) is 0 Å². The molecule has 4 rings (SSSR count). The number of halogens is 5. The highest BCUT2D eigenvalue weighted by atomic mass is 19.4. The summed E-state index contributed by atoms with van der Waals surface area (Å²) in [6.45, 7) is 4.94. The summed E-state index contributed by atoms with van der Waals surface area (Å²) in [5, 5.41) is 0. The summed E-state index contributed by atoms with van der Waals surface area (Å²) in [6, 6.07) is 0. The molecule has 4 saturated carbocycles. The lowest BCUT2D eigenvalue weighted by Gasteiger charge is -2.61. The van der Waals surface area contributed by atoms with Crippen molar-refractivity contribution in [2.24, 2.45) is 17.3 Å². The molecule has 3 unspecified atom stereocenters. The van der Waals surface area contributed by atoms with Gasteiger partial charge in [0.2, 0.25) is 6.10 Å². The average Bonchev–Trinajstić information content (AvgIpc) is 2.41. The summed E-state index contributed by atoms with van der Waals surface area (Å²) in [5.74, 6) is -4.12. The van der Waals surface area contributed by atoms with Crippen LogP contribution in [0.2, 0.25) is 0 Å². The minimum Gasteiger partial charge on any atom is -0.456 e. The van der Waals surface area contributed by atoms with Gasteiger partial charge in [-0.15, -0.1) is 0 Å². The zero-order valence-electron chi connectivity index (χ0n) is 15.5. The van der Waals surface area contributed by atoms with E-state index in [0.29, 0.717) is 32.1 Å². The molecule has 0 aromatic carbocycles. The second-order valence-electron chi connectivity index (χ2n) is 9.00. The fraction of sp³-hybridized carbons (Fsp3) is 0.842. The maximum absolute atomic E-state index is 13.5. The molecule has 0 amide bonds. The van der Waals surface area contributed by atoms with Crippen LogP contribution in [-0.4, -0.2) is 36.4 Å². The average molecular weight is 396 g/mol. The van der Waals surface area contributed by atoms with Crippen molar-refractivity contribution >= 4 is 5.97 Å². The van der Waals surface area contributed by atoms with Crippen LogP contribution in [0.5, 0.6) is 0 Å². The highest BCUT2D eigenvalue weighted by Crippen LogP contribution is 2.63. The first kappa shape index (κ1) is 20.6. The molecule has 8 heteroatoms. The van der Waals surface area contributed by atoms with Gasteiger partial charge in [-0.05, 0) is 62.7 Å². The van der Waals surface area contributed by atoms with Crippen molar-refractivity contribution in [2.75, 3.05) is 6.61 Å². The molecule has 0 spiro atoms. The van der Waals surface area contributed by atoms with Gasteiger partial charge < -0.3 is 9.47 Å². The lowest BCUT2D eigenvalue weighted by molar-refractivity contribution is -0.293. The van der Waals surface area contributed by atoms with Crippen molar-refractivity contribution in [3.05, 3.63) is 12.2 Å². The first-order valence-corrected chi connectivity index (χ1v) is 9.19. The molecule has 3 atom stereocenters. The largest absolute Gasteiger partial charge is 0.456 e. The van der Waals surface area contributed by atoms with Crippen LogP contribution < -0.4 is 0 Å². The SMILES string of the molecule is C=C(C)C(=O)OC12CC3CC(CC(COC(C(C)(F)F)C(F)(F)F)(C3)C1)C2. The first-order valence-electron chi connectivity index (χ1n) is 9.19. The zero-order valence-corrected chi connectivity index (χ0v) is 15.5. The van der Waals surface area contributed by atoms with Crippen molar-refractivity contribution in [1.82, 2.24) is 0 Å². The molecule has 4 bridgehead atoms. The molecule has 4 aliphatic rings. The molecule has 4 aliphatic carbocycles. The van der Waals surface area contributed by atoms with E-state index in [1.807, 2.05) is 0 Å². The number of hydrogen-bond acceptors (Lipinski definition) is 3. The second-order valence-corrected chi connectivity index (χ2v) is 9.00. The third kappa shape index (κ3) is 4.15. The van der Waals surface area contributed by atoms with Crippen molar-refractivity contribution in [1.29, 1.82) is 0 Å². The Morgan fingerprint density at radius 3 is 2.15 bits per heavy atom. The number of carbonyl (C=O) groups excluding carboxylic acids is 1. The normalized spacial score (nSPS) is 36.6. The number of carbonyl (C=O) groups is 1. The minimum absolute atomic E-state index is 0.208. The van der Waals surface area contributed by atoms with Gasteiger partial charge in [0, 0.05) is 12.5 Å². The van der Waals surface area contributed by atoms with Gasteiger partial charge in [-0.1, -0.05) is 6.58 Å². The predicted octanol–water partition coefficient (Wildman–Crippen LogP) is 5.05. The summed E-state index contributed by atoms with van der Waals surface area (Å²) in [6.07, 6.45) is -4.43. The van der Waals surface area contributed by atoms with Gasteiger partial charge in [-0.25, -0.2) is 13.6 Å². The summed E-state index contributed by atoms with van der Waals surface area (Å²) in [4.78, 5) is 12.1. The standard InChI is InChI=1S/C19H25F5O3/c1-11(2)14(25)27-18-7-12-4-13(8-18)6-17(5-12,9-18)10-26-15(16(3,20)21)19(22,23)24/h12-13,15H,1,4-10H2,2-3H3. The minimum atomic E-state index is -5.15. The molecular weight excluding hydrogens is 371 g/mol.